The van der Waals surface area contributed by atoms with E-state index in [0.29, 0.717) is 0 Å². The fourth-order valence-electron chi connectivity index (χ4n) is 2.96. The summed E-state index contributed by atoms with van der Waals surface area (Å²) in [5.74, 6) is 0.801. The van der Waals surface area contributed by atoms with Gasteiger partial charge in [-0.05, 0) is 31.6 Å². The highest BCUT2D eigenvalue weighted by Crippen LogP contribution is 2.24. The Morgan fingerprint density at radius 2 is 1.93 bits per heavy atom. The molecule has 88 valence electrons. The van der Waals surface area contributed by atoms with Crippen LogP contribution in [0.15, 0.2) is 0 Å². The second-order valence-electron chi connectivity index (χ2n) is 5.64. The van der Waals surface area contributed by atoms with Gasteiger partial charge in [0.2, 0.25) is 0 Å². The van der Waals surface area contributed by atoms with E-state index in [-0.39, 0.29) is 0 Å². The van der Waals surface area contributed by atoms with Crippen molar-refractivity contribution in [3.05, 3.63) is 0 Å². The lowest BCUT2D eigenvalue weighted by atomic mass is 10.0. The minimum Gasteiger partial charge on any atom is -0.310 e. The molecule has 0 bridgehead atoms. The van der Waals surface area contributed by atoms with E-state index >= 15 is 0 Å². The zero-order valence-electron chi connectivity index (χ0n) is 10.5. The zero-order chi connectivity index (χ0) is 10.8. The van der Waals surface area contributed by atoms with Crippen LogP contribution in [-0.2, 0) is 0 Å². The SMILES string of the molecule is CCC(C(C)C)N1CCC(NC2CC2)C1. The van der Waals surface area contributed by atoms with Gasteiger partial charge in [-0.25, -0.2) is 0 Å². The molecule has 0 aromatic heterocycles. The van der Waals surface area contributed by atoms with Crippen LogP contribution in [0, 0.1) is 5.92 Å². The third kappa shape index (κ3) is 2.94. The number of hydrogen-bond acceptors (Lipinski definition) is 2. The van der Waals surface area contributed by atoms with Crippen molar-refractivity contribution < 1.29 is 0 Å². The Hall–Kier alpha value is -0.0800. The van der Waals surface area contributed by atoms with Gasteiger partial charge in [0.25, 0.3) is 0 Å². The molecule has 0 amide bonds. The molecule has 2 fully saturated rings. The summed E-state index contributed by atoms with van der Waals surface area (Å²) in [4.78, 5) is 2.70. The average Bonchev–Trinajstić information content (AvgIpc) is 2.86. The Balaban J connectivity index is 1.79. The molecule has 1 saturated carbocycles. The fraction of sp³-hybridized carbons (Fsp3) is 1.00. The van der Waals surface area contributed by atoms with Crippen LogP contribution in [-0.4, -0.2) is 36.1 Å². The fourth-order valence-corrected chi connectivity index (χ4v) is 2.96. The van der Waals surface area contributed by atoms with Crippen LogP contribution in [0.2, 0.25) is 0 Å². The second-order valence-corrected chi connectivity index (χ2v) is 5.64. The van der Waals surface area contributed by atoms with E-state index in [1.165, 1.54) is 38.8 Å². The number of hydrogen-bond donors (Lipinski definition) is 1. The average molecular weight is 210 g/mol. The van der Waals surface area contributed by atoms with Gasteiger partial charge in [-0.15, -0.1) is 0 Å². The van der Waals surface area contributed by atoms with Crippen LogP contribution in [0.1, 0.15) is 46.5 Å². The van der Waals surface area contributed by atoms with Crippen molar-refractivity contribution in [2.75, 3.05) is 13.1 Å². The Morgan fingerprint density at radius 1 is 1.20 bits per heavy atom. The molecular weight excluding hydrogens is 184 g/mol. The first-order chi connectivity index (χ1) is 7.20. The Labute approximate surface area is 94.4 Å². The van der Waals surface area contributed by atoms with Crippen molar-refractivity contribution in [2.24, 2.45) is 5.92 Å². The van der Waals surface area contributed by atoms with Crippen molar-refractivity contribution in [3.63, 3.8) is 0 Å². The molecule has 2 rings (SSSR count). The predicted molar refractivity (Wildman–Crippen MR) is 65.1 cm³/mol. The van der Waals surface area contributed by atoms with Gasteiger partial charge < -0.3 is 5.32 Å². The molecular formula is C13H26N2. The van der Waals surface area contributed by atoms with Crippen LogP contribution in [0.3, 0.4) is 0 Å². The molecule has 2 unspecified atom stereocenters. The first-order valence-electron chi connectivity index (χ1n) is 6.70. The molecule has 0 radical (unpaired) electrons. The topological polar surface area (TPSA) is 15.3 Å². The van der Waals surface area contributed by atoms with Gasteiger partial charge in [0.1, 0.15) is 0 Å². The van der Waals surface area contributed by atoms with Crippen molar-refractivity contribution in [1.82, 2.24) is 10.2 Å². The van der Waals surface area contributed by atoms with Crippen molar-refractivity contribution in [2.45, 2.75) is 64.6 Å². The van der Waals surface area contributed by atoms with E-state index in [1.807, 2.05) is 0 Å². The van der Waals surface area contributed by atoms with Crippen LogP contribution in [0.5, 0.6) is 0 Å². The van der Waals surface area contributed by atoms with E-state index in [2.05, 4.69) is 31.0 Å². The molecule has 0 spiro atoms. The first-order valence-corrected chi connectivity index (χ1v) is 6.70. The molecule has 0 aromatic rings. The minimum absolute atomic E-state index is 0.783. The van der Waals surface area contributed by atoms with Gasteiger partial charge in [-0.3, -0.25) is 4.90 Å². The highest BCUT2D eigenvalue weighted by molar-refractivity contribution is 4.91. The van der Waals surface area contributed by atoms with Crippen molar-refractivity contribution in [3.8, 4) is 0 Å². The van der Waals surface area contributed by atoms with Crippen LogP contribution in [0.4, 0.5) is 0 Å². The highest BCUT2D eigenvalue weighted by atomic mass is 15.2. The maximum absolute atomic E-state index is 3.76. The van der Waals surface area contributed by atoms with Crippen LogP contribution in [0.25, 0.3) is 0 Å². The summed E-state index contributed by atoms with van der Waals surface area (Å²) < 4.78 is 0. The maximum Gasteiger partial charge on any atom is 0.0209 e. The zero-order valence-corrected chi connectivity index (χ0v) is 10.5. The van der Waals surface area contributed by atoms with E-state index in [4.69, 9.17) is 0 Å². The Bertz CT molecular complexity index is 199. The summed E-state index contributed by atoms with van der Waals surface area (Å²) in [5.41, 5.74) is 0. The van der Waals surface area contributed by atoms with E-state index in [9.17, 15) is 0 Å². The van der Waals surface area contributed by atoms with Gasteiger partial charge >= 0.3 is 0 Å². The molecule has 1 aliphatic carbocycles. The van der Waals surface area contributed by atoms with Crippen molar-refractivity contribution >= 4 is 0 Å². The number of nitrogens with one attached hydrogen (secondary N) is 1. The lowest BCUT2D eigenvalue weighted by Gasteiger charge is -2.30. The lowest BCUT2D eigenvalue weighted by Crippen LogP contribution is -2.40. The van der Waals surface area contributed by atoms with Crippen LogP contribution >= 0.6 is 0 Å². The molecule has 2 aliphatic rings. The van der Waals surface area contributed by atoms with Gasteiger partial charge in [0, 0.05) is 31.2 Å². The quantitative estimate of drug-likeness (QED) is 0.749. The van der Waals surface area contributed by atoms with Crippen LogP contribution < -0.4 is 5.32 Å². The predicted octanol–water partition coefficient (Wildman–Crippen LogP) is 2.25. The molecule has 0 aromatic carbocycles. The number of rotatable bonds is 5. The van der Waals surface area contributed by atoms with Gasteiger partial charge in [-0.1, -0.05) is 20.8 Å². The molecule has 2 atom stereocenters. The monoisotopic (exact) mass is 210 g/mol. The normalized spacial score (nSPS) is 30.0. The van der Waals surface area contributed by atoms with E-state index in [1.54, 1.807) is 0 Å². The lowest BCUT2D eigenvalue weighted by molar-refractivity contribution is 0.181. The summed E-state index contributed by atoms with van der Waals surface area (Å²) in [5, 5.41) is 3.76. The van der Waals surface area contributed by atoms with Gasteiger partial charge in [0.15, 0.2) is 0 Å². The van der Waals surface area contributed by atoms with E-state index < -0.39 is 0 Å². The molecule has 1 saturated heterocycles. The summed E-state index contributed by atoms with van der Waals surface area (Å²) in [6.07, 6.45) is 5.49. The van der Waals surface area contributed by atoms with E-state index in [0.717, 1.165) is 24.0 Å². The largest absolute Gasteiger partial charge is 0.310 e. The third-order valence-electron chi connectivity index (χ3n) is 3.93. The standard InChI is InChI=1S/C13H26N2/c1-4-13(10(2)3)15-8-7-12(9-15)14-11-5-6-11/h10-14H,4-9H2,1-3H3. The minimum atomic E-state index is 0.783. The molecule has 2 nitrogen and oxygen atoms in total. The molecule has 1 heterocycles. The van der Waals surface area contributed by atoms with Gasteiger partial charge in [0.05, 0.1) is 0 Å². The maximum atomic E-state index is 3.76. The van der Waals surface area contributed by atoms with Crippen molar-refractivity contribution in [1.29, 1.82) is 0 Å². The third-order valence-corrected chi connectivity index (χ3v) is 3.93. The molecule has 2 heteroatoms. The summed E-state index contributed by atoms with van der Waals surface area (Å²) in [6.45, 7) is 9.63. The molecule has 1 N–H and O–H groups in total. The molecule has 1 aliphatic heterocycles. The Morgan fingerprint density at radius 3 is 2.47 bits per heavy atom. The number of nitrogens with zero attached hydrogens (tertiary/aromatic N) is 1. The first kappa shape index (κ1) is 11.4. The second kappa shape index (κ2) is 4.84. The highest BCUT2D eigenvalue weighted by Gasteiger charge is 2.32. The number of likely N-dealkylation sites (tertiary alicyclic amines) is 1. The summed E-state index contributed by atoms with van der Waals surface area (Å²) in [7, 11) is 0. The Kier molecular flexibility index (Phi) is 3.68. The smallest absolute Gasteiger partial charge is 0.0209 e. The molecule has 15 heavy (non-hydrogen) atoms. The van der Waals surface area contributed by atoms with Gasteiger partial charge in [-0.2, -0.15) is 0 Å². The summed E-state index contributed by atoms with van der Waals surface area (Å²) in [6, 6.07) is 2.45. The summed E-state index contributed by atoms with van der Waals surface area (Å²) >= 11 is 0.